The van der Waals surface area contributed by atoms with Gasteiger partial charge in [0.25, 0.3) is 0 Å². The van der Waals surface area contributed by atoms with E-state index in [1.165, 1.54) is 70.6 Å². The third-order valence-corrected chi connectivity index (χ3v) is 5.80. The molecule has 0 aliphatic carbocycles. The summed E-state index contributed by atoms with van der Waals surface area (Å²) >= 11 is 0. The lowest BCUT2D eigenvalue weighted by Crippen LogP contribution is -2.35. The van der Waals surface area contributed by atoms with Crippen LogP contribution in [0.25, 0.3) is 0 Å². The van der Waals surface area contributed by atoms with Gasteiger partial charge in [-0.25, -0.2) is 0 Å². The SMILES string of the molecule is CCCCCC/C=C/CCCCCCCCCC(=O)NCCCC[C@@H](C(=O)O)N(C)C. The number of allylic oxidation sites excluding steroid dienone is 2. The second kappa shape index (κ2) is 21.9. The van der Waals surface area contributed by atoms with Crippen LogP contribution < -0.4 is 5.32 Å². The monoisotopic (exact) mass is 438 g/mol. The van der Waals surface area contributed by atoms with Gasteiger partial charge in [0.2, 0.25) is 5.91 Å². The third kappa shape index (κ3) is 20.3. The smallest absolute Gasteiger partial charge is 0.320 e. The van der Waals surface area contributed by atoms with Crippen LogP contribution in [0.15, 0.2) is 12.2 Å². The maximum Gasteiger partial charge on any atom is 0.320 e. The first-order chi connectivity index (χ1) is 15.0. The van der Waals surface area contributed by atoms with E-state index in [1.54, 1.807) is 19.0 Å². The Bertz CT molecular complexity index is 464. The molecule has 0 heterocycles. The number of nitrogens with one attached hydrogen (secondary N) is 1. The fraction of sp³-hybridized carbons (Fsp3) is 0.846. The van der Waals surface area contributed by atoms with Crippen LogP contribution >= 0.6 is 0 Å². The Hall–Kier alpha value is -1.36. The molecule has 0 radical (unpaired) electrons. The van der Waals surface area contributed by atoms with Crippen molar-refractivity contribution in [2.24, 2.45) is 0 Å². The van der Waals surface area contributed by atoms with Crippen molar-refractivity contribution in [1.82, 2.24) is 10.2 Å². The Kier molecular flexibility index (Phi) is 20.9. The summed E-state index contributed by atoms with van der Waals surface area (Å²) in [7, 11) is 3.57. The van der Waals surface area contributed by atoms with Crippen molar-refractivity contribution >= 4 is 11.9 Å². The number of carbonyl (C=O) groups is 2. The minimum absolute atomic E-state index is 0.129. The molecule has 0 aliphatic heterocycles. The molecular weight excluding hydrogens is 388 g/mol. The van der Waals surface area contributed by atoms with Crippen molar-refractivity contribution in [2.45, 2.75) is 122 Å². The van der Waals surface area contributed by atoms with E-state index in [0.717, 1.165) is 25.7 Å². The number of hydrogen-bond acceptors (Lipinski definition) is 3. The van der Waals surface area contributed by atoms with Crippen molar-refractivity contribution in [3.63, 3.8) is 0 Å². The second-order valence-electron chi connectivity index (χ2n) is 9.00. The standard InChI is InChI=1S/C26H50N2O3/c1-4-5-6-7-8-9-10-11-12-13-14-15-16-17-18-22-25(29)27-23-20-19-21-24(26(30)31)28(2)3/h9-10,24H,4-8,11-23H2,1-3H3,(H,27,29)(H,30,31)/b10-9+/t24-/m0/s1. The summed E-state index contributed by atoms with van der Waals surface area (Å²) in [6.45, 7) is 2.90. The maximum atomic E-state index is 11.9. The van der Waals surface area contributed by atoms with E-state index in [-0.39, 0.29) is 5.91 Å². The molecule has 5 heteroatoms. The van der Waals surface area contributed by atoms with Crippen LogP contribution in [0, 0.1) is 0 Å². The van der Waals surface area contributed by atoms with E-state index in [9.17, 15) is 9.59 Å². The van der Waals surface area contributed by atoms with Gasteiger partial charge in [0.05, 0.1) is 0 Å². The molecule has 1 amide bonds. The Morgan fingerprint density at radius 2 is 1.35 bits per heavy atom. The second-order valence-corrected chi connectivity index (χ2v) is 9.00. The quantitative estimate of drug-likeness (QED) is 0.153. The molecule has 0 saturated heterocycles. The number of likely N-dealkylation sites (N-methyl/N-ethyl adjacent to an activating group) is 1. The van der Waals surface area contributed by atoms with Crippen LogP contribution in [0.3, 0.4) is 0 Å². The predicted molar refractivity (Wildman–Crippen MR) is 131 cm³/mol. The highest BCUT2D eigenvalue weighted by molar-refractivity contribution is 5.75. The van der Waals surface area contributed by atoms with Gasteiger partial charge >= 0.3 is 5.97 Å². The van der Waals surface area contributed by atoms with Crippen LogP contribution in [0.1, 0.15) is 116 Å². The van der Waals surface area contributed by atoms with Gasteiger partial charge in [-0.2, -0.15) is 0 Å². The van der Waals surface area contributed by atoms with Crippen molar-refractivity contribution in [3.8, 4) is 0 Å². The van der Waals surface area contributed by atoms with Crippen LogP contribution in [0.2, 0.25) is 0 Å². The van der Waals surface area contributed by atoms with Gasteiger partial charge in [0.15, 0.2) is 0 Å². The van der Waals surface area contributed by atoms with Gasteiger partial charge in [-0.15, -0.1) is 0 Å². The molecule has 182 valence electrons. The van der Waals surface area contributed by atoms with E-state index in [0.29, 0.717) is 19.4 Å². The Labute approximate surface area is 192 Å². The lowest BCUT2D eigenvalue weighted by Gasteiger charge is -2.19. The molecule has 0 spiro atoms. The summed E-state index contributed by atoms with van der Waals surface area (Å²) in [6.07, 6.45) is 24.0. The zero-order valence-corrected chi connectivity index (χ0v) is 20.7. The summed E-state index contributed by atoms with van der Waals surface area (Å²) in [4.78, 5) is 24.7. The van der Waals surface area contributed by atoms with Crippen LogP contribution in [-0.4, -0.2) is 48.6 Å². The Morgan fingerprint density at radius 3 is 1.90 bits per heavy atom. The van der Waals surface area contributed by atoms with Crippen LogP contribution in [0.5, 0.6) is 0 Å². The first kappa shape index (κ1) is 29.6. The molecule has 0 bridgehead atoms. The van der Waals surface area contributed by atoms with Gasteiger partial charge in [0, 0.05) is 13.0 Å². The average molecular weight is 439 g/mol. The van der Waals surface area contributed by atoms with E-state index in [1.807, 2.05) is 0 Å². The molecule has 0 fully saturated rings. The zero-order chi connectivity index (χ0) is 23.2. The van der Waals surface area contributed by atoms with Crippen molar-refractivity contribution in [2.75, 3.05) is 20.6 Å². The molecule has 1 atom stereocenters. The van der Waals surface area contributed by atoms with Crippen molar-refractivity contribution in [3.05, 3.63) is 12.2 Å². The highest BCUT2D eigenvalue weighted by Gasteiger charge is 2.18. The van der Waals surface area contributed by atoms with E-state index < -0.39 is 12.0 Å². The summed E-state index contributed by atoms with van der Waals surface area (Å²) in [5, 5.41) is 12.1. The molecule has 0 aromatic heterocycles. The molecular formula is C26H50N2O3. The number of amides is 1. The number of carbonyl (C=O) groups excluding carboxylic acids is 1. The molecule has 0 unspecified atom stereocenters. The summed E-state index contributed by atoms with van der Waals surface area (Å²) < 4.78 is 0. The number of hydrogen-bond donors (Lipinski definition) is 2. The van der Waals surface area contributed by atoms with E-state index in [2.05, 4.69) is 24.4 Å². The Balaban J connectivity index is 3.38. The van der Waals surface area contributed by atoms with Crippen molar-refractivity contribution < 1.29 is 14.7 Å². The lowest BCUT2D eigenvalue weighted by atomic mass is 10.1. The fourth-order valence-electron chi connectivity index (χ4n) is 3.74. The minimum Gasteiger partial charge on any atom is -0.480 e. The number of nitrogens with zero attached hydrogens (tertiary/aromatic N) is 1. The molecule has 0 saturated carbocycles. The molecule has 0 aromatic carbocycles. The highest BCUT2D eigenvalue weighted by atomic mass is 16.4. The average Bonchev–Trinajstić information content (AvgIpc) is 2.72. The topological polar surface area (TPSA) is 69.6 Å². The molecule has 0 aliphatic rings. The molecule has 2 N–H and O–H groups in total. The Morgan fingerprint density at radius 1 is 0.806 bits per heavy atom. The molecule has 5 nitrogen and oxygen atoms in total. The summed E-state index contributed by atoms with van der Waals surface area (Å²) in [6, 6.07) is -0.438. The highest BCUT2D eigenvalue weighted by Crippen LogP contribution is 2.11. The molecule has 31 heavy (non-hydrogen) atoms. The number of unbranched alkanes of at least 4 members (excludes halogenated alkanes) is 12. The minimum atomic E-state index is -0.779. The first-order valence-corrected chi connectivity index (χ1v) is 12.8. The lowest BCUT2D eigenvalue weighted by molar-refractivity contribution is -0.142. The first-order valence-electron chi connectivity index (χ1n) is 12.8. The van der Waals surface area contributed by atoms with Crippen LogP contribution in [0.4, 0.5) is 0 Å². The number of aliphatic carboxylic acids is 1. The third-order valence-electron chi connectivity index (χ3n) is 5.80. The van der Waals surface area contributed by atoms with Gasteiger partial charge in [-0.05, 0) is 65.5 Å². The van der Waals surface area contributed by atoms with Crippen molar-refractivity contribution in [1.29, 1.82) is 0 Å². The van der Waals surface area contributed by atoms with E-state index >= 15 is 0 Å². The maximum absolute atomic E-state index is 11.9. The zero-order valence-electron chi connectivity index (χ0n) is 20.7. The normalized spacial score (nSPS) is 12.5. The van der Waals surface area contributed by atoms with E-state index in [4.69, 9.17) is 5.11 Å². The number of rotatable bonds is 22. The number of carboxylic acid groups (broad SMARTS) is 1. The van der Waals surface area contributed by atoms with Crippen LogP contribution in [-0.2, 0) is 9.59 Å². The van der Waals surface area contributed by atoms with Gasteiger partial charge in [-0.3, -0.25) is 14.5 Å². The van der Waals surface area contributed by atoms with Gasteiger partial charge in [0.1, 0.15) is 6.04 Å². The van der Waals surface area contributed by atoms with Gasteiger partial charge in [-0.1, -0.05) is 70.4 Å². The molecule has 0 aromatic rings. The molecule has 0 rings (SSSR count). The summed E-state index contributed by atoms with van der Waals surface area (Å²) in [5.74, 6) is -0.650. The summed E-state index contributed by atoms with van der Waals surface area (Å²) in [5.41, 5.74) is 0. The number of carboxylic acids is 1. The van der Waals surface area contributed by atoms with Gasteiger partial charge < -0.3 is 10.4 Å². The predicted octanol–water partition coefficient (Wildman–Crippen LogP) is 6.33. The largest absolute Gasteiger partial charge is 0.480 e. The fourth-order valence-corrected chi connectivity index (χ4v) is 3.74.